The van der Waals surface area contributed by atoms with Gasteiger partial charge in [0.05, 0.1) is 0 Å². The molecule has 0 aromatic carbocycles. The third kappa shape index (κ3) is 1.42. The van der Waals surface area contributed by atoms with Gasteiger partial charge in [-0.05, 0) is 13.0 Å². The van der Waals surface area contributed by atoms with Gasteiger partial charge in [0, 0.05) is 11.0 Å². The summed E-state index contributed by atoms with van der Waals surface area (Å²) >= 11 is 0. The lowest BCUT2D eigenvalue weighted by Crippen LogP contribution is -2.26. The quantitative estimate of drug-likeness (QED) is 0.463. The zero-order chi connectivity index (χ0) is 9.35. The Morgan fingerprint density at radius 2 is 2.25 bits per heavy atom. The molecule has 0 saturated carbocycles. The van der Waals surface area contributed by atoms with Gasteiger partial charge >= 0.3 is 5.97 Å². The Morgan fingerprint density at radius 3 is 2.58 bits per heavy atom. The summed E-state index contributed by atoms with van der Waals surface area (Å²) in [6.07, 6.45) is 3.51. The number of ether oxygens (including phenoxy) is 1. The Hall–Kier alpha value is -1.05. The smallest absolute Gasteiger partial charge is 0.334 e. The minimum atomic E-state index is -0.213. The molecule has 0 saturated heterocycles. The maximum atomic E-state index is 11.0. The average molecular weight is 166 g/mol. The Labute approximate surface area is 72.9 Å². The number of hydrogen-bond acceptors (Lipinski definition) is 2. The van der Waals surface area contributed by atoms with E-state index in [1.165, 1.54) is 0 Å². The Balaban J connectivity index is 2.82. The third-order valence-electron chi connectivity index (χ3n) is 2.22. The van der Waals surface area contributed by atoms with E-state index >= 15 is 0 Å². The van der Waals surface area contributed by atoms with E-state index in [1.54, 1.807) is 13.0 Å². The number of esters is 1. The minimum Gasteiger partial charge on any atom is -0.454 e. The fourth-order valence-corrected chi connectivity index (χ4v) is 1.02. The topological polar surface area (TPSA) is 26.3 Å². The van der Waals surface area contributed by atoms with Crippen molar-refractivity contribution in [1.82, 2.24) is 0 Å². The van der Waals surface area contributed by atoms with Crippen molar-refractivity contribution in [3.8, 4) is 0 Å². The van der Waals surface area contributed by atoms with Gasteiger partial charge < -0.3 is 4.74 Å². The number of cyclic esters (lactones) is 1. The second-order valence-electron chi connectivity index (χ2n) is 3.70. The van der Waals surface area contributed by atoms with Gasteiger partial charge in [-0.15, -0.1) is 6.58 Å². The van der Waals surface area contributed by atoms with Gasteiger partial charge in [0.1, 0.15) is 6.10 Å². The van der Waals surface area contributed by atoms with Gasteiger partial charge in [-0.1, -0.05) is 19.9 Å². The van der Waals surface area contributed by atoms with Gasteiger partial charge in [0.2, 0.25) is 0 Å². The molecule has 0 spiro atoms. The van der Waals surface area contributed by atoms with Crippen LogP contribution in [0.2, 0.25) is 0 Å². The van der Waals surface area contributed by atoms with Crippen LogP contribution in [-0.4, -0.2) is 12.1 Å². The average Bonchev–Trinajstić information content (AvgIpc) is 2.33. The van der Waals surface area contributed by atoms with Gasteiger partial charge in [-0.25, -0.2) is 4.79 Å². The van der Waals surface area contributed by atoms with Gasteiger partial charge in [-0.3, -0.25) is 0 Å². The molecule has 0 aliphatic carbocycles. The van der Waals surface area contributed by atoms with Crippen molar-refractivity contribution in [2.75, 3.05) is 0 Å². The van der Waals surface area contributed by atoms with Crippen LogP contribution < -0.4 is 0 Å². The van der Waals surface area contributed by atoms with E-state index in [-0.39, 0.29) is 17.5 Å². The summed E-state index contributed by atoms with van der Waals surface area (Å²) < 4.78 is 5.13. The van der Waals surface area contributed by atoms with Crippen molar-refractivity contribution in [2.45, 2.75) is 26.9 Å². The molecule has 0 amide bonds. The molecule has 1 rings (SSSR count). The van der Waals surface area contributed by atoms with Crippen LogP contribution in [0.5, 0.6) is 0 Å². The van der Waals surface area contributed by atoms with Crippen LogP contribution in [0, 0.1) is 5.41 Å². The number of hydrogen-bond donors (Lipinski definition) is 0. The summed E-state index contributed by atoms with van der Waals surface area (Å²) in [5, 5.41) is 0. The van der Waals surface area contributed by atoms with E-state index in [1.807, 2.05) is 19.9 Å². The maximum Gasteiger partial charge on any atom is 0.334 e. The van der Waals surface area contributed by atoms with E-state index in [0.717, 1.165) is 0 Å². The molecular formula is C10H14O2. The van der Waals surface area contributed by atoms with Crippen molar-refractivity contribution >= 4 is 5.97 Å². The number of carbonyl (C=O) groups is 1. The van der Waals surface area contributed by atoms with Crippen LogP contribution >= 0.6 is 0 Å². The molecular weight excluding hydrogens is 152 g/mol. The molecule has 0 aromatic heterocycles. The Morgan fingerprint density at radius 1 is 1.67 bits per heavy atom. The molecule has 0 aromatic rings. The highest BCUT2D eigenvalue weighted by molar-refractivity contribution is 5.90. The molecule has 1 atom stereocenters. The second-order valence-corrected chi connectivity index (χ2v) is 3.70. The summed E-state index contributed by atoms with van der Waals surface area (Å²) in [6.45, 7) is 9.46. The highest BCUT2D eigenvalue weighted by Gasteiger charge is 2.33. The molecule has 2 heteroatoms. The zero-order valence-electron chi connectivity index (χ0n) is 7.76. The lowest BCUT2D eigenvalue weighted by Gasteiger charge is -2.25. The first kappa shape index (κ1) is 9.04. The molecule has 1 aliphatic rings. The standard InChI is InChI=1S/C10H14O2/c1-5-10(3,4)8-6-7(2)9(11)12-8/h5-6,8H,1H2,2-4H3. The lowest BCUT2D eigenvalue weighted by atomic mass is 9.86. The van der Waals surface area contributed by atoms with Gasteiger partial charge in [-0.2, -0.15) is 0 Å². The van der Waals surface area contributed by atoms with Crippen molar-refractivity contribution < 1.29 is 9.53 Å². The van der Waals surface area contributed by atoms with Crippen molar-refractivity contribution in [3.63, 3.8) is 0 Å². The molecule has 12 heavy (non-hydrogen) atoms. The Kier molecular flexibility index (Phi) is 2.09. The lowest BCUT2D eigenvalue weighted by molar-refractivity contribution is -0.142. The van der Waals surface area contributed by atoms with E-state index in [2.05, 4.69) is 6.58 Å². The molecule has 66 valence electrons. The van der Waals surface area contributed by atoms with Crippen LogP contribution in [0.4, 0.5) is 0 Å². The fraction of sp³-hybridized carbons (Fsp3) is 0.500. The summed E-state index contributed by atoms with van der Waals surface area (Å²) in [4.78, 5) is 11.0. The molecule has 2 nitrogen and oxygen atoms in total. The molecule has 0 fully saturated rings. The summed E-state index contributed by atoms with van der Waals surface area (Å²) in [5.74, 6) is -0.213. The van der Waals surface area contributed by atoms with E-state index < -0.39 is 0 Å². The van der Waals surface area contributed by atoms with Gasteiger partial charge in [0.15, 0.2) is 0 Å². The SMILES string of the molecule is C=CC(C)(C)C1C=C(C)C(=O)O1. The summed E-state index contributed by atoms with van der Waals surface area (Å²) in [5.41, 5.74) is 0.517. The first-order valence-electron chi connectivity index (χ1n) is 4.00. The largest absolute Gasteiger partial charge is 0.454 e. The molecule has 1 heterocycles. The molecule has 0 radical (unpaired) electrons. The monoisotopic (exact) mass is 166 g/mol. The predicted octanol–water partition coefficient (Wildman–Crippen LogP) is 2.07. The van der Waals surface area contributed by atoms with Crippen molar-refractivity contribution in [3.05, 3.63) is 24.3 Å². The molecule has 1 unspecified atom stereocenters. The zero-order valence-corrected chi connectivity index (χ0v) is 7.76. The van der Waals surface area contributed by atoms with Crippen LogP contribution in [-0.2, 0) is 9.53 Å². The highest BCUT2D eigenvalue weighted by Crippen LogP contribution is 2.30. The maximum absolute atomic E-state index is 11.0. The highest BCUT2D eigenvalue weighted by atomic mass is 16.5. The minimum absolute atomic E-state index is 0.150. The van der Waals surface area contributed by atoms with Gasteiger partial charge in [0.25, 0.3) is 0 Å². The first-order chi connectivity index (χ1) is 5.47. The predicted molar refractivity (Wildman–Crippen MR) is 47.6 cm³/mol. The van der Waals surface area contributed by atoms with E-state index in [4.69, 9.17) is 4.74 Å². The fourth-order valence-electron chi connectivity index (χ4n) is 1.02. The molecule has 0 N–H and O–H groups in total. The summed E-state index contributed by atoms with van der Waals surface area (Å²) in [7, 11) is 0. The molecule has 0 bridgehead atoms. The Bertz CT molecular complexity index is 249. The number of rotatable bonds is 2. The van der Waals surface area contributed by atoms with E-state index in [0.29, 0.717) is 5.57 Å². The van der Waals surface area contributed by atoms with E-state index in [9.17, 15) is 4.79 Å². The van der Waals surface area contributed by atoms with Crippen LogP contribution in [0.3, 0.4) is 0 Å². The van der Waals surface area contributed by atoms with Crippen LogP contribution in [0.25, 0.3) is 0 Å². The first-order valence-corrected chi connectivity index (χ1v) is 4.00. The second kappa shape index (κ2) is 2.77. The number of carbonyl (C=O) groups excluding carboxylic acids is 1. The van der Waals surface area contributed by atoms with Crippen LogP contribution in [0.1, 0.15) is 20.8 Å². The molecule has 1 aliphatic heterocycles. The summed E-state index contributed by atoms with van der Waals surface area (Å²) in [6, 6.07) is 0. The van der Waals surface area contributed by atoms with Crippen molar-refractivity contribution in [2.24, 2.45) is 5.41 Å². The van der Waals surface area contributed by atoms with Crippen molar-refractivity contribution in [1.29, 1.82) is 0 Å². The van der Waals surface area contributed by atoms with Crippen LogP contribution in [0.15, 0.2) is 24.3 Å². The normalized spacial score (nSPS) is 23.4. The third-order valence-corrected chi connectivity index (χ3v) is 2.22.